The number of anilines is 3. The van der Waals surface area contributed by atoms with Crippen LogP contribution in [0.2, 0.25) is 0 Å². The first-order chi connectivity index (χ1) is 9.79. The van der Waals surface area contributed by atoms with Gasteiger partial charge < -0.3 is 15.8 Å². The van der Waals surface area contributed by atoms with E-state index in [1.165, 1.54) is 13.2 Å². The summed E-state index contributed by atoms with van der Waals surface area (Å²) in [5.74, 6) is -0.101. The highest BCUT2D eigenvalue weighted by Gasteiger charge is 2.30. The number of ether oxygens (including phenoxy) is 1. The lowest BCUT2D eigenvalue weighted by Gasteiger charge is -2.12. The smallest absolute Gasteiger partial charge is 0.416 e. The van der Waals surface area contributed by atoms with Gasteiger partial charge in [0.05, 0.1) is 12.7 Å². The fraction of sp³-hybridized carbons (Fsp3) is 0.250. The van der Waals surface area contributed by atoms with Crippen molar-refractivity contribution in [2.45, 2.75) is 13.1 Å². The van der Waals surface area contributed by atoms with Crippen molar-refractivity contribution in [3.8, 4) is 6.01 Å². The summed E-state index contributed by atoms with van der Waals surface area (Å²) >= 11 is 0. The Labute approximate surface area is 118 Å². The second kappa shape index (κ2) is 5.43. The Morgan fingerprint density at radius 1 is 1.19 bits per heavy atom. The van der Waals surface area contributed by atoms with Crippen molar-refractivity contribution in [3.05, 3.63) is 29.3 Å². The average Bonchev–Trinajstić information content (AvgIpc) is 2.39. The Balaban J connectivity index is 2.37. The second-order valence-corrected chi connectivity index (χ2v) is 4.16. The van der Waals surface area contributed by atoms with Gasteiger partial charge in [-0.3, -0.25) is 0 Å². The minimum absolute atomic E-state index is 0.00164. The SMILES string of the molecule is COc1nc(N)nc(Nc2cc(C(F)(F)F)ccc2C)n1. The molecule has 0 saturated carbocycles. The van der Waals surface area contributed by atoms with Crippen LogP contribution < -0.4 is 15.8 Å². The van der Waals surface area contributed by atoms with Gasteiger partial charge in [0.25, 0.3) is 0 Å². The largest absolute Gasteiger partial charge is 0.467 e. The van der Waals surface area contributed by atoms with Crippen LogP contribution in [0.4, 0.5) is 30.8 Å². The number of nitrogen functional groups attached to an aromatic ring is 1. The third kappa shape index (κ3) is 3.50. The van der Waals surface area contributed by atoms with Crippen molar-refractivity contribution >= 4 is 17.6 Å². The van der Waals surface area contributed by atoms with E-state index in [9.17, 15) is 13.2 Å². The molecule has 0 bridgehead atoms. The summed E-state index contributed by atoms with van der Waals surface area (Å²) in [6.07, 6.45) is -4.43. The standard InChI is InChI=1S/C12H12F3N5O/c1-6-3-4-7(12(13,14)15)5-8(6)17-10-18-9(16)19-11(20-10)21-2/h3-5H,1-2H3,(H3,16,17,18,19,20). The van der Waals surface area contributed by atoms with E-state index in [1.54, 1.807) is 6.92 Å². The van der Waals surface area contributed by atoms with Gasteiger partial charge >= 0.3 is 12.2 Å². The second-order valence-electron chi connectivity index (χ2n) is 4.16. The number of nitrogens with zero attached hydrogens (tertiary/aromatic N) is 3. The van der Waals surface area contributed by atoms with Crippen molar-refractivity contribution in [2.24, 2.45) is 0 Å². The molecule has 2 rings (SSSR count). The van der Waals surface area contributed by atoms with Crippen LogP contribution >= 0.6 is 0 Å². The zero-order valence-electron chi connectivity index (χ0n) is 11.2. The summed E-state index contributed by atoms with van der Waals surface area (Å²) < 4.78 is 43.0. The maximum absolute atomic E-state index is 12.7. The molecule has 112 valence electrons. The Morgan fingerprint density at radius 2 is 1.90 bits per heavy atom. The lowest BCUT2D eigenvalue weighted by molar-refractivity contribution is -0.137. The molecule has 0 unspecified atom stereocenters. The Kier molecular flexibility index (Phi) is 3.83. The number of nitrogens with one attached hydrogen (secondary N) is 1. The molecule has 0 atom stereocenters. The predicted octanol–water partition coefficient (Wildman–Crippen LogP) is 2.53. The fourth-order valence-electron chi connectivity index (χ4n) is 1.57. The molecule has 0 radical (unpaired) electrons. The summed E-state index contributed by atoms with van der Waals surface area (Å²) in [5, 5.41) is 2.68. The number of methoxy groups -OCH3 is 1. The molecule has 0 saturated heterocycles. The topological polar surface area (TPSA) is 86.0 Å². The predicted molar refractivity (Wildman–Crippen MR) is 70.3 cm³/mol. The van der Waals surface area contributed by atoms with Gasteiger partial charge in [-0.05, 0) is 24.6 Å². The zero-order chi connectivity index (χ0) is 15.6. The first-order valence-corrected chi connectivity index (χ1v) is 5.80. The van der Waals surface area contributed by atoms with Crippen LogP contribution in [0.3, 0.4) is 0 Å². The minimum Gasteiger partial charge on any atom is -0.467 e. The number of nitrogens with two attached hydrogens (primary N) is 1. The number of aryl methyl sites for hydroxylation is 1. The maximum Gasteiger partial charge on any atom is 0.416 e. The van der Waals surface area contributed by atoms with E-state index in [2.05, 4.69) is 20.3 Å². The normalized spacial score (nSPS) is 11.3. The number of aromatic nitrogens is 3. The molecule has 21 heavy (non-hydrogen) atoms. The van der Waals surface area contributed by atoms with Crippen LogP contribution in [0.1, 0.15) is 11.1 Å². The van der Waals surface area contributed by atoms with Crippen molar-refractivity contribution in [1.29, 1.82) is 0 Å². The summed E-state index contributed by atoms with van der Waals surface area (Å²) in [6, 6.07) is 3.30. The first kappa shape index (κ1) is 14.8. The molecule has 1 heterocycles. The van der Waals surface area contributed by atoms with Gasteiger partial charge in [-0.15, -0.1) is 0 Å². The molecule has 0 fully saturated rings. The summed E-state index contributed by atoms with van der Waals surface area (Å²) in [6.45, 7) is 1.66. The first-order valence-electron chi connectivity index (χ1n) is 5.80. The van der Waals surface area contributed by atoms with Crippen LogP contribution in [-0.2, 0) is 6.18 Å². The van der Waals surface area contributed by atoms with Crippen molar-refractivity contribution in [1.82, 2.24) is 15.0 Å². The molecule has 0 aliphatic carbocycles. The molecular weight excluding hydrogens is 287 g/mol. The monoisotopic (exact) mass is 299 g/mol. The average molecular weight is 299 g/mol. The summed E-state index contributed by atoms with van der Waals surface area (Å²) in [7, 11) is 1.34. The molecular formula is C12H12F3N5O. The molecule has 0 amide bonds. The van der Waals surface area contributed by atoms with Gasteiger partial charge in [-0.2, -0.15) is 28.1 Å². The highest BCUT2D eigenvalue weighted by atomic mass is 19.4. The van der Waals surface area contributed by atoms with Crippen LogP contribution in [0.15, 0.2) is 18.2 Å². The number of benzene rings is 1. The van der Waals surface area contributed by atoms with E-state index < -0.39 is 11.7 Å². The minimum atomic E-state index is -4.43. The van der Waals surface area contributed by atoms with Gasteiger partial charge in [0.15, 0.2) is 0 Å². The third-order valence-corrected chi connectivity index (χ3v) is 2.63. The van der Waals surface area contributed by atoms with Gasteiger partial charge in [0.1, 0.15) is 0 Å². The molecule has 3 N–H and O–H groups in total. The van der Waals surface area contributed by atoms with Crippen molar-refractivity contribution < 1.29 is 17.9 Å². The fourth-order valence-corrected chi connectivity index (χ4v) is 1.57. The number of halogens is 3. The Hall–Kier alpha value is -2.58. The van der Waals surface area contributed by atoms with Gasteiger partial charge in [0.2, 0.25) is 11.9 Å². The highest BCUT2D eigenvalue weighted by Crippen LogP contribution is 2.32. The lowest BCUT2D eigenvalue weighted by Crippen LogP contribution is -2.08. The van der Waals surface area contributed by atoms with E-state index in [4.69, 9.17) is 10.5 Å². The quantitative estimate of drug-likeness (QED) is 0.905. The Bertz CT molecular complexity index is 660. The lowest BCUT2D eigenvalue weighted by atomic mass is 10.1. The number of rotatable bonds is 3. The van der Waals surface area contributed by atoms with Gasteiger partial charge in [-0.1, -0.05) is 6.07 Å². The molecule has 0 spiro atoms. The highest BCUT2D eigenvalue weighted by molar-refractivity contribution is 5.60. The number of hydrogen-bond donors (Lipinski definition) is 2. The summed E-state index contributed by atoms with van der Waals surface area (Å²) in [5.41, 5.74) is 5.51. The molecule has 1 aromatic carbocycles. The molecule has 2 aromatic rings. The van der Waals surface area contributed by atoms with Crippen LogP contribution in [0, 0.1) is 6.92 Å². The molecule has 6 nitrogen and oxygen atoms in total. The van der Waals surface area contributed by atoms with Gasteiger partial charge in [0, 0.05) is 5.69 Å². The zero-order valence-corrected chi connectivity index (χ0v) is 11.2. The third-order valence-electron chi connectivity index (χ3n) is 2.63. The molecule has 9 heteroatoms. The van der Waals surface area contributed by atoms with E-state index in [-0.39, 0.29) is 23.6 Å². The van der Waals surface area contributed by atoms with Crippen LogP contribution in [0.25, 0.3) is 0 Å². The van der Waals surface area contributed by atoms with Crippen molar-refractivity contribution in [2.75, 3.05) is 18.2 Å². The van der Waals surface area contributed by atoms with E-state index in [0.717, 1.165) is 12.1 Å². The number of alkyl halides is 3. The van der Waals surface area contributed by atoms with Crippen molar-refractivity contribution in [3.63, 3.8) is 0 Å². The molecule has 0 aliphatic heterocycles. The Morgan fingerprint density at radius 3 is 2.52 bits per heavy atom. The molecule has 1 aromatic heterocycles. The molecule has 0 aliphatic rings. The van der Waals surface area contributed by atoms with E-state index in [1.807, 2.05) is 0 Å². The van der Waals surface area contributed by atoms with Gasteiger partial charge in [-0.25, -0.2) is 0 Å². The van der Waals surface area contributed by atoms with E-state index >= 15 is 0 Å². The van der Waals surface area contributed by atoms with Crippen LogP contribution in [0.5, 0.6) is 6.01 Å². The van der Waals surface area contributed by atoms with E-state index in [0.29, 0.717) is 5.56 Å². The number of hydrogen-bond acceptors (Lipinski definition) is 6. The maximum atomic E-state index is 12.7. The summed E-state index contributed by atoms with van der Waals surface area (Å²) in [4.78, 5) is 11.3. The van der Waals surface area contributed by atoms with Crippen LogP contribution in [-0.4, -0.2) is 22.1 Å².